The highest BCUT2D eigenvalue weighted by molar-refractivity contribution is 6.12. The monoisotopic (exact) mass is 737 g/mol. The number of para-hydroxylation sites is 3. The molecule has 270 valence electrons. The highest BCUT2D eigenvalue weighted by Gasteiger charge is 2.17. The average molecular weight is 738 g/mol. The van der Waals surface area contributed by atoms with E-state index in [0.717, 1.165) is 44.7 Å². The first-order valence-corrected chi connectivity index (χ1v) is 19.6. The fraction of sp³-hybridized carbons (Fsp3) is 0. The van der Waals surface area contributed by atoms with Crippen LogP contribution in [0.5, 0.6) is 0 Å². The van der Waals surface area contributed by atoms with E-state index in [1.807, 2.05) is 30.3 Å². The van der Waals surface area contributed by atoms with E-state index < -0.39 is 0 Å². The lowest BCUT2D eigenvalue weighted by molar-refractivity contribution is 1.18. The molecule has 11 rings (SSSR count). The molecule has 3 heteroatoms. The van der Waals surface area contributed by atoms with Gasteiger partial charge in [-0.1, -0.05) is 127 Å². The molecule has 0 N–H and O–H groups in total. The van der Waals surface area contributed by atoms with Crippen molar-refractivity contribution in [1.82, 2.24) is 9.13 Å². The minimum atomic E-state index is 0.632. The van der Waals surface area contributed by atoms with Crippen molar-refractivity contribution in [2.45, 2.75) is 0 Å². The fourth-order valence-electron chi connectivity index (χ4n) is 8.74. The van der Waals surface area contributed by atoms with Gasteiger partial charge in [0.25, 0.3) is 0 Å². The summed E-state index contributed by atoms with van der Waals surface area (Å²) < 4.78 is 4.72. The van der Waals surface area contributed by atoms with E-state index in [1.54, 1.807) is 0 Å². The molecule has 2 heterocycles. The van der Waals surface area contributed by atoms with Crippen LogP contribution in [0.4, 0.5) is 5.69 Å². The van der Waals surface area contributed by atoms with E-state index in [2.05, 4.69) is 196 Å². The zero-order valence-corrected chi connectivity index (χ0v) is 31.5. The van der Waals surface area contributed by atoms with Crippen molar-refractivity contribution in [1.29, 1.82) is 0 Å². The summed E-state index contributed by atoms with van der Waals surface area (Å²) in [6.45, 7) is 7.88. The van der Waals surface area contributed by atoms with Gasteiger partial charge in [-0.05, 0) is 129 Å². The van der Waals surface area contributed by atoms with Gasteiger partial charge in [0, 0.05) is 32.9 Å². The molecule has 0 atom stereocenters. The zero-order valence-electron chi connectivity index (χ0n) is 31.5. The Bertz CT molecular complexity index is 3370. The Morgan fingerprint density at radius 3 is 1.14 bits per heavy atom. The lowest BCUT2D eigenvalue weighted by Gasteiger charge is -2.10. The number of hydrogen-bond donors (Lipinski definition) is 0. The molecular formula is C55H35N3. The summed E-state index contributed by atoms with van der Waals surface area (Å²) in [5, 5.41) is 4.86. The van der Waals surface area contributed by atoms with Gasteiger partial charge < -0.3 is 9.13 Å². The minimum Gasteiger partial charge on any atom is -0.309 e. The molecule has 0 saturated heterocycles. The number of benzene rings is 9. The molecule has 0 amide bonds. The van der Waals surface area contributed by atoms with E-state index >= 15 is 0 Å². The lowest BCUT2D eigenvalue weighted by atomic mass is 9.96. The second kappa shape index (κ2) is 13.7. The number of hydrogen-bond acceptors (Lipinski definition) is 0. The highest BCUT2D eigenvalue weighted by atomic mass is 15.0. The van der Waals surface area contributed by atoms with E-state index in [0.29, 0.717) is 5.69 Å². The van der Waals surface area contributed by atoms with Crippen LogP contribution in [0.15, 0.2) is 212 Å². The normalized spacial score (nSPS) is 11.4. The first kappa shape index (κ1) is 33.4. The van der Waals surface area contributed by atoms with Gasteiger partial charge in [0.2, 0.25) is 0 Å². The molecule has 0 bridgehead atoms. The van der Waals surface area contributed by atoms with E-state index in [1.165, 1.54) is 54.8 Å². The Labute approximate surface area is 336 Å². The predicted molar refractivity (Wildman–Crippen MR) is 243 cm³/mol. The number of rotatable bonds is 6. The molecule has 3 nitrogen and oxygen atoms in total. The Morgan fingerprint density at radius 2 is 0.638 bits per heavy atom. The molecular weight excluding hydrogens is 703 g/mol. The second-order valence-electron chi connectivity index (χ2n) is 14.9. The summed E-state index contributed by atoms with van der Waals surface area (Å²) in [6.07, 6.45) is 0. The molecule has 11 aromatic rings. The van der Waals surface area contributed by atoms with Gasteiger partial charge in [-0.2, -0.15) is 0 Å². The Hall–Kier alpha value is -7.93. The molecule has 58 heavy (non-hydrogen) atoms. The Kier molecular flexibility index (Phi) is 7.88. The molecule has 9 aromatic carbocycles. The largest absolute Gasteiger partial charge is 0.309 e. The van der Waals surface area contributed by atoms with Crippen molar-refractivity contribution >= 4 is 49.3 Å². The highest BCUT2D eigenvalue weighted by Crippen LogP contribution is 2.40. The molecule has 0 spiro atoms. The zero-order chi connectivity index (χ0) is 38.6. The molecule has 0 saturated carbocycles. The van der Waals surface area contributed by atoms with Crippen LogP contribution in [-0.4, -0.2) is 9.13 Å². The topological polar surface area (TPSA) is 14.2 Å². The van der Waals surface area contributed by atoms with E-state index in [9.17, 15) is 0 Å². The van der Waals surface area contributed by atoms with E-state index in [4.69, 9.17) is 6.57 Å². The standard InChI is InChI=1S/C55H35N3/c1-56-45-32-43(37-13-5-2-6-14-37)31-44(33-45)42-27-30-55-51(36-42)50-35-41(26-29-54(50)58(55)47-17-9-4-10-18-47)39-23-21-38(22-24-39)40-25-28-53-49(34-40)48-19-11-12-20-52(48)57(53)46-15-7-3-8-16-46/h2-36H. The summed E-state index contributed by atoms with van der Waals surface area (Å²) in [5.41, 5.74) is 16.6. The van der Waals surface area contributed by atoms with Gasteiger partial charge in [-0.15, -0.1) is 0 Å². The van der Waals surface area contributed by atoms with Crippen molar-refractivity contribution in [2.75, 3.05) is 0 Å². The molecule has 0 aliphatic carbocycles. The maximum atomic E-state index is 7.88. The Balaban J connectivity index is 1.01. The minimum absolute atomic E-state index is 0.632. The average Bonchev–Trinajstić information content (AvgIpc) is 3.81. The smallest absolute Gasteiger partial charge is 0.188 e. The van der Waals surface area contributed by atoms with Crippen LogP contribution in [0.1, 0.15) is 0 Å². The van der Waals surface area contributed by atoms with Crippen LogP contribution in [0.2, 0.25) is 0 Å². The maximum Gasteiger partial charge on any atom is 0.188 e. The molecule has 0 aliphatic rings. The lowest BCUT2D eigenvalue weighted by Crippen LogP contribution is -1.93. The third-order valence-corrected chi connectivity index (χ3v) is 11.5. The van der Waals surface area contributed by atoms with Crippen LogP contribution < -0.4 is 0 Å². The first-order valence-electron chi connectivity index (χ1n) is 19.6. The molecule has 0 unspecified atom stereocenters. The van der Waals surface area contributed by atoms with E-state index in [-0.39, 0.29) is 0 Å². The fourth-order valence-corrected chi connectivity index (χ4v) is 8.74. The third kappa shape index (κ3) is 5.59. The van der Waals surface area contributed by atoms with Crippen molar-refractivity contribution in [3.05, 3.63) is 224 Å². The van der Waals surface area contributed by atoms with Gasteiger partial charge in [0.05, 0.1) is 28.6 Å². The molecule has 0 radical (unpaired) electrons. The van der Waals surface area contributed by atoms with Gasteiger partial charge in [-0.3, -0.25) is 0 Å². The van der Waals surface area contributed by atoms with Gasteiger partial charge >= 0.3 is 0 Å². The number of nitrogens with zero attached hydrogens (tertiary/aromatic N) is 3. The quantitative estimate of drug-likeness (QED) is 0.151. The third-order valence-electron chi connectivity index (χ3n) is 11.5. The van der Waals surface area contributed by atoms with Crippen LogP contribution in [0, 0.1) is 6.57 Å². The van der Waals surface area contributed by atoms with Crippen molar-refractivity contribution in [3.63, 3.8) is 0 Å². The molecule has 0 aliphatic heterocycles. The van der Waals surface area contributed by atoms with Crippen molar-refractivity contribution in [2.24, 2.45) is 0 Å². The summed E-state index contributed by atoms with van der Waals surface area (Å²) in [6, 6.07) is 75.8. The Morgan fingerprint density at radius 1 is 0.276 bits per heavy atom. The number of fused-ring (bicyclic) bond motifs is 6. The van der Waals surface area contributed by atoms with Crippen LogP contribution in [0.25, 0.3) is 104 Å². The molecule has 2 aromatic heterocycles. The predicted octanol–water partition coefficient (Wildman–Crippen LogP) is 15.1. The summed E-state index contributed by atoms with van der Waals surface area (Å²) in [4.78, 5) is 3.85. The SMILES string of the molecule is [C-]#[N+]c1cc(-c2ccccc2)cc(-c2ccc3c(c2)c2cc(-c4ccc(-c5ccc6c(c5)c5ccccc5n6-c5ccccc5)cc4)ccc2n3-c2ccccc2)c1. The van der Waals surface area contributed by atoms with Gasteiger partial charge in [0.15, 0.2) is 5.69 Å². The second-order valence-corrected chi connectivity index (χ2v) is 14.9. The van der Waals surface area contributed by atoms with Crippen LogP contribution in [-0.2, 0) is 0 Å². The first-order chi connectivity index (χ1) is 28.7. The van der Waals surface area contributed by atoms with Crippen LogP contribution >= 0.6 is 0 Å². The summed E-state index contributed by atoms with van der Waals surface area (Å²) in [5.74, 6) is 0. The summed E-state index contributed by atoms with van der Waals surface area (Å²) >= 11 is 0. The van der Waals surface area contributed by atoms with Gasteiger partial charge in [-0.25, -0.2) is 4.85 Å². The van der Waals surface area contributed by atoms with Gasteiger partial charge in [0.1, 0.15) is 0 Å². The summed E-state index contributed by atoms with van der Waals surface area (Å²) in [7, 11) is 0. The number of aromatic nitrogens is 2. The van der Waals surface area contributed by atoms with Crippen molar-refractivity contribution < 1.29 is 0 Å². The van der Waals surface area contributed by atoms with Crippen molar-refractivity contribution in [3.8, 4) is 55.9 Å². The van der Waals surface area contributed by atoms with Crippen LogP contribution in [0.3, 0.4) is 0 Å². The molecule has 0 fully saturated rings. The maximum absolute atomic E-state index is 7.88.